The van der Waals surface area contributed by atoms with Gasteiger partial charge in [-0.1, -0.05) is 36.4 Å². The summed E-state index contributed by atoms with van der Waals surface area (Å²) < 4.78 is 34.6. The molecular formula is C21H15NO8S. The molecule has 0 bridgehead atoms. The molecule has 0 spiro atoms. The molecule has 158 valence electrons. The molecule has 0 saturated heterocycles. The van der Waals surface area contributed by atoms with Gasteiger partial charge in [-0.3, -0.25) is 14.9 Å². The highest BCUT2D eigenvalue weighted by Crippen LogP contribution is 2.22. The van der Waals surface area contributed by atoms with Gasteiger partial charge in [0.15, 0.2) is 12.4 Å². The standard InChI is InChI=1S/C21H15NO8S/c23-20(15-5-2-1-3-6-15)14-29-21(24)16-9-11-18(12-10-16)30-31(27,28)19-8-4-7-17(13-19)22(25)26/h1-13H,14H2. The average molecular weight is 441 g/mol. The van der Waals surface area contributed by atoms with Gasteiger partial charge in [0.05, 0.1) is 10.5 Å². The van der Waals surface area contributed by atoms with E-state index in [4.69, 9.17) is 8.92 Å². The minimum absolute atomic E-state index is 0.0842. The van der Waals surface area contributed by atoms with Gasteiger partial charge in [-0.15, -0.1) is 0 Å². The zero-order valence-electron chi connectivity index (χ0n) is 15.8. The first-order valence-corrected chi connectivity index (χ1v) is 10.2. The van der Waals surface area contributed by atoms with Crippen molar-refractivity contribution in [1.29, 1.82) is 0 Å². The third kappa shape index (κ3) is 5.52. The number of nitro benzene ring substituents is 1. The summed E-state index contributed by atoms with van der Waals surface area (Å²) in [6.45, 7) is -0.442. The summed E-state index contributed by atoms with van der Waals surface area (Å²) in [6, 6.07) is 17.8. The molecule has 3 aromatic carbocycles. The van der Waals surface area contributed by atoms with Crippen LogP contribution in [0.4, 0.5) is 5.69 Å². The van der Waals surface area contributed by atoms with Crippen molar-refractivity contribution in [1.82, 2.24) is 0 Å². The third-order valence-electron chi connectivity index (χ3n) is 4.04. The Morgan fingerprint density at radius 3 is 2.19 bits per heavy atom. The summed E-state index contributed by atoms with van der Waals surface area (Å²) in [6.07, 6.45) is 0. The molecule has 31 heavy (non-hydrogen) atoms. The minimum Gasteiger partial charge on any atom is -0.454 e. The summed E-state index contributed by atoms with van der Waals surface area (Å²) >= 11 is 0. The van der Waals surface area contributed by atoms with E-state index in [0.717, 1.165) is 18.2 Å². The number of ether oxygens (including phenoxy) is 1. The van der Waals surface area contributed by atoms with Gasteiger partial charge in [0, 0.05) is 17.7 Å². The van der Waals surface area contributed by atoms with Crippen molar-refractivity contribution in [2.24, 2.45) is 0 Å². The predicted octanol–water partition coefficient (Wildman–Crippen LogP) is 3.40. The molecule has 3 aromatic rings. The van der Waals surface area contributed by atoms with E-state index in [1.54, 1.807) is 30.3 Å². The van der Waals surface area contributed by atoms with Crippen LogP contribution in [0.25, 0.3) is 0 Å². The van der Waals surface area contributed by atoms with Gasteiger partial charge in [0.25, 0.3) is 5.69 Å². The summed E-state index contributed by atoms with van der Waals surface area (Å²) in [7, 11) is -4.32. The maximum atomic E-state index is 12.3. The molecule has 0 aromatic heterocycles. The average Bonchev–Trinajstić information content (AvgIpc) is 2.78. The number of Topliss-reactive ketones (excluding diaryl/α,β-unsaturated/α-hetero) is 1. The van der Waals surface area contributed by atoms with Crippen molar-refractivity contribution < 1.29 is 31.9 Å². The van der Waals surface area contributed by atoms with Crippen molar-refractivity contribution in [3.63, 3.8) is 0 Å². The maximum absolute atomic E-state index is 12.3. The fourth-order valence-corrected chi connectivity index (χ4v) is 3.47. The normalized spacial score (nSPS) is 10.8. The SMILES string of the molecule is O=C(COC(=O)c1ccc(OS(=O)(=O)c2cccc([N+](=O)[O-])c2)cc1)c1ccccc1. The Labute approximate surface area is 177 Å². The van der Waals surface area contributed by atoms with Crippen LogP contribution < -0.4 is 4.18 Å². The third-order valence-corrected chi connectivity index (χ3v) is 5.29. The van der Waals surface area contributed by atoms with Crippen molar-refractivity contribution >= 4 is 27.6 Å². The van der Waals surface area contributed by atoms with Crippen LogP contribution >= 0.6 is 0 Å². The Bertz CT molecular complexity index is 1220. The number of ketones is 1. The Morgan fingerprint density at radius 1 is 0.871 bits per heavy atom. The number of esters is 1. The molecule has 0 aliphatic carbocycles. The van der Waals surface area contributed by atoms with E-state index in [9.17, 15) is 28.1 Å². The molecule has 0 heterocycles. The molecule has 0 amide bonds. The van der Waals surface area contributed by atoms with E-state index in [-0.39, 0.29) is 22.0 Å². The fourth-order valence-electron chi connectivity index (χ4n) is 2.50. The smallest absolute Gasteiger partial charge is 0.339 e. The van der Waals surface area contributed by atoms with Crippen LogP contribution in [0.3, 0.4) is 0 Å². The molecule has 0 fully saturated rings. The van der Waals surface area contributed by atoms with Crippen molar-refractivity contribution in [2.75, 3.05) is 6.61 Å². The second-order valence-corrected chi connectivity index (χ2v) is 7.73. The van der Waals surface area contributed by atoms with Gasteiger partial charge in [0.2, 0.25) is 0 Å². The Kier molecular flexibility index (Phi) is 6.41. The highest BCUT2D eigenvalue weighted by molar-refractivity contribution is 7.87. The van der Waals surface area contributed by atoms with Gasteiger partial charge in [-0.05, 0) is 30.3 Å². The zero-order valence-corrected chi connectivity index (χ0v) is 16.7. The first-order chi connectivity index (χ1) is 14.8. The Hall–Kier alpha value is -4.05. The largest absolute Gasteiger partial charge is 0.454 e. The molecule has 0 radical (unpaired) electrons. The Morgan fingerprint density at radius 2 is 1.55 bits per heavy atom. The lowest BCUT2D eigenvalue weighted by Crippen LogP contribution is -2.14. The lowest BCUT2D eigenvalue weighted by molar-refractivity contribution is -0.385. The van der Waals surface area contributed by atoms with Crippen molar-refractivity contribution in [3.05, 3.63) is 100 Å². The highest BCUT2D eigenvalue weighted by atomic mass is 32.2. The molecule has 10 heteroatoms. The minimum atomic E-state index is -4.32. The van der Waals surface area contributed by atoms with Crippen LogP contribution in [0, 0.1) is 10.1 Å². The van der Waals surface area contributed by atoms with E-state index >= 15 is 0 Å². The number of nitrogens with zero attached hydrogens (tertiary/aromatic N) is 1. The van der Waals surface area contributed by atoms with Crippen LogP contribution in [0.1, 0.15) is 20.7 Å². The number of carbonyl (C=O) groups is 2. The summed E-state index contributed by atoms with van der Waals surface area (Å²) in [5.41, 5.74) is 0.0965. The number of rotatable bonds is 8. The van der Waals surface area contributed by atoms with Crippen LogP contribution in [0.5, 0.6) is 5.75 Å². The predicted molar refractivity (Wildman–Crippen MR) is 108 cm³/mol. The molecule has 0 N–H and O–H groups in total. The van der Waals surface area contributed by atoms with E-state index in [1.807, 2.05) is 0 Å². The number of benzene rings is 3. The van der Waals surface area contributed by atoms with Crippen molar-refractivity contribution in [3.8, 4) is 5.75 Å². The monoisotopic (exact) mass is 441 g/mol. The molecule has 0 unspecified atom stereocenters. The highest BCUT2D eigenvalue weighted by Gasteiger charge is 2.20. The van der Waals surface area contributed by atoms with Crippen LogP contribution in [-0.2, 0) is 14.9 Å². The number of carbonyl (C=O) groups excluding carboxylic acids is 2. The topological polar surface area (TPSA) is 130 Å². The maximum Gasteiger partial charge on any atom is 0.339 e. The second-order valence-electron chi connectivity index (χ2n) is 6.18. The quantitative estimate of drug-likeness (QED) is 0.171. The lowest BCUT2D eigenvalue weighted by atomic mass is 10.1. The molecule has 0 atom stereocenters. The zero-order chi connectivity index (χ0) is 22.4. The van der Waals surface area contributed by atoms with E-state index in [1.165, 1.54) is 30.3 Å². The van der Waals surface area contributed by atoms with E-state index in [2.05, 4.69) is 0 Å². The van der Waals surface area contributed by atoms with Gasteiger partial charge < -0.3 is 8.92 Å². The molecule has 9 nitrogen and oxygen atoms in total. The van der Waals surface area contributed by atoms with E-state index < -0.39 is 33.3 Å². The summed E-state index contributed by atoms with van der Waals surface area (Å²) in [5, 5.41) is 10.8. The van der Waals surface area contributed by atoms with E-state index in [0.29, 0.717) is 5.56 Å². The van der Waals surface area contributed by atoms with Crippen LogP contribution in [0.2, 0.25) is 0 Å². The van der Waals surface area contributed by atoms with Gasteiger partial charge in [-0.2, -0.15) is 8.42 Å². The van der Waals surface area contributed by atoms with Crippen LogP contribution in [0.15, 0.2) is 83.8 Å². The van der Waals surface area contributed by atoms with Gasteiger partial charge >= 0.3 is 16.1 Å². The van der Waals surface area contributed by atoms with Gasteiger partial charge in [-0.25, -0.2) is 4.79 Å². The molecule has 0 aliphatic heterocycles. The fraction of sp³-hybridized carbons (Fsp3) is 0.0476. The number of nitro groups is 1. The first-order valence-electron chi connectivity index (χ1n) is 8.81. The molecule has 3 rings (SSSR count). The second kappa shape index (κ2) is 9.18. The van der Waals surface area contributed by atoms with Gasteiger partial charge in [0.1, 0.15) is 10.6 Å². The number of non-ortho nitro benzene ring substituents is 1. The summed E-state index contributed by atoms with van der Waals surface area (Å²) in [4.78, 5) is 33.8. The van der Waals surface area contributed by atoms with Crippen molar-refractivity contribution in [2.45, 2.75) is 4.90 Å². The summed E-state index contributed by atoms with van der Waals surface area (Å²) in [5.74, 6) is -1.24. The molecular weight excluding hydrogens is 426 g/mol. The number of hydrogen-bond donors (Lipinski definition) is 0. The Balaban J connectivity index is 1.64. The first kappa shape index (κ1) is 21.7. The van der Waals surface area contributed by atoms with Crippen LogP contribution in [-0.4, -0.2) is 31.7 Å². The number of hydrogen-bond acceptors (Lipinski definition) is 8. The lowest BCUT2D eigenvalue weighted by Gasteiger charge is -2.08. The molecule has 0 saturated carbocycles. The molecule has 0 aliphatic rings.